The Hall–Kier alpha value is -1.53. The van der Waals surface area contributed by atoms with Crippen LogP contribution in [0.2, 0.25) is 0 Å². The minimum Gasteiger partial charge on any atom is -0.353 e. The Labute approximate surface area is 105 Å². The molecule has 1 aliphatic carbocycles. The standard InChI is InChI=1S/C12H16N2O4/c1-3-18-12(17-2)5-4-11-9(7-12)6-10(8-13-11)14(15)16/h6,8H,3-5,7H2,1-2H3. The highest BCUT2D eigenvalue weighted by molar-refractivity contribution is 5.36. The predicted octanol–water partition coefficient (Wildman–Crippen LogP) is 1.86. The Balaban J connectivity index is 2.31. The van der Waals surface area contributed by atoms with Crippen LogP contribution in [0, 0.1) is 10.1 Å². The molecular weight excluding hydrogens is 236 g/mol. The Bertz CT molecular complexity index is 463. The lowest BCUT2D eigenvalue weighted by Crippen LogP contribution is -2.41. The third-order valence-corrected chi connectivity index (χ3v) is 3.24. The number of methoxy groups -OCH3 is 1. The van der Waals surface area contributed by atoms with Crippen molar-refractivity contribution >= 4 is 5.69 Å². The largest absolute Gasteiger partial charge is 0.353 e. The van der Waals surface area contributed by atoms with Crippen molar-refractivity contribution in [1.82, 2.24) is 4.98 Å². The third-order valence-electron chi connectivity index (χ3n) is 3.24. The van der Waals surface area contributed by atoms with Crippen molar-refractivity contribution < 1.29 is 14.4 Å². The number of rotatable bonds is 4. The van der Waals surface area contributed by atoms with Crippen LogP contribution in [0.25, 0.3) is 0 Å². The summed E-state index contributed by atoms with van der Waals surface area (Å²) >= 11 is 0. The number of fused-ring (bicyclic) bond motifs is 1. The summed E-state index contributed by atoms with van der Waals surface area (Å²) in [6, 6.07) is 1.56. The molecule has 0 spiro atoms. The maximum atomic E-state index is 10.7. The van der Waals surface area contributed by atoms with E-state index in [0.717, 1.165) is 17.7 Å². The Morgan fingerprint density at radius 1 is 1.61 bits per heavy atom. The molecule has 0 radical (unpaired) electrons. The number of hydrogen-bond acceptors (Lipinski definition) is 5. The highest BCUT2D eigenvalue weighted by Crippen LogP contribution is 2.32. The van der Waals surface area contributed by atoms with E-state index >= 15 is 0 Å². The molecule has 0 saturated carbocycles. The first-order valence-corrected chi connectivity index (χ1v) is 5.91. The number of hydrogen-bond donors (Lipinski definition) is 0. The van der Waals surface area contributed by atoms with Crippen LogP contribution in [0.4, 0.5) is 5.69 Å². The average Bonchev–Trinajstić information content (AvgIpc) is 2.38. The van der Waals surface area contributed by atoms with Crippen molar-refractivity contribution in [1.29, 1.82) is 0 Å². The van der Waals surface area contributed by atoms with Gasteiger partial charge >= 0.3 is 0 Å². The maximum absolute atomic E-state index is 10.7. The summed E-state index contributed by atoms with van der Waals surface area (Å²) in [5.74, 6) is -0.668. The lowest BCUT2D eigenvalue weighted by molar-refractivity contribution is -0.385. The minimum absolute atomic E-state index is 0.0113. The van der Waals surface area contributed by atoms with E-state index in [1.807, 2.05) is 6.92 Å². The zero-order valence-electron chi connectivity index (χ0n) is 10.5. The van der Waals surface area contributed by atoms with Crippen molar-refractivity contribution in [3.8, 4) is 0 Å². The molecule has 0 amide bonds. The number of aromatic nitrogens is 1. The fourth-order valence-corrected chi connectivity index (χ4v) is 2.31. The molecule has 0 aromatic carbocycles. The topological polar surface area (TPSA) is 74.5 Å². The molecule has 1 aliphatic rings. The number of nitrogens with zero attached hydrogens (tertiary/aromatic N) is 2. The molecular formula is C12H16N2O4. The Kier molecular flexibility index (Phi) is 3.58. The zero-order chi connectivity index (χ0) is 13.2. The fourth-order valence-electron chi connectivity index (χ4n) is 2.31. The molecule has 6 nitrogen and oxygen atoms in total. The number of pyridine rings is 1. The van der Waals surface area contributed by atoms with Crippen molar-refractivity contribution in [3.63, 3.8) is 0 Å². The van der Waals surface area contributed by atoms with Gasteiger partial charge in [-0.3, -0.25) is 15.1 Å². The molecule has 0 N–H and O–H groups in total. The van der Waals surface area contributed by atoms with Crippen LogP contribution in [0.3, 0.4) is 0 Å². The normalized spacial score (nSPS) is 22.6. The van der Waals surface area contributed by atoms with Gasteiger partial charge in [-0.1, -0.05) is 0 Å². The second-order valence-corrected chi connectivity index (χ2v) is 4.28. The summed E-state index contributed by atoms with van der Waals surface area (Å²) in [5, 5.41) is 10.7. The minimum atomic E-state index is -0.668. The van der Waals surface area contributed by atoms with Gasteiger partial charge in [-0.2, -0.15) is 0 Å². The van der Waals surface area contributed by atoms with Crippen molar-refractivity contribution in [2.75, 3.05) is 13.7 Å². The van der Waals surface area contributed by atoms with Gasteiger partial charge in [0.15, 0.2) is 5.79 Å². The smallest absolute Gasteiger partial charge is 0.287 e. The van der Waals surface area contributed by atoms with Crippen LogP contribution in [-0.4, -0.2) is 29.4 Å². The van der Waals surface area contributed by atoms with E-state index in [4.69, 9.17) is 9.47 Å². The van der Waals surface area contributed by atoms with E-state index in [9.17, 15) is 10.1 Å². The first kappa shape index (κ1) is 12.9. The van der Waals surface area contributed by atoms with E-state index in [1.54, 1.807) is 13.2 Å². The quantitative estimate of drug-likeness (QED) is 0.464. The second kappa shape index (κ2) is 4.99. The summed E-state index contributed by atoms with van der Waals surface area (Å²) < 4.78 is 11.1. The van der Waals surface area contributed by atoms with Gasteiger partial charge < -0.3 is 9.47 Å². The molecule has 1 aromatic rings. The summed E-state index contributed by atoms with van der Waals surface area (Å²) in [6.07, 6.45) is 3.23. The molecule has 1 atom stereocenters. The van der Waals surface area contributed by atoms with Gasteiger partial charge in [-0.25, -0.2) is 0 Å². The monoisotopic (exact) mass is 252 g/mol. The van der Waals surface area contributed by atoms with E-state index in [-0.39, 0.29) is 5.69 Å². The first-order chi connectivity index (χ1) is 8.60. The molecule has 1 heterocycles. The molecule has 0 saturated heterocycles. The Morgan fingerprint density at radius 3 is 3.00 bits per heavy atom. The van der Waals surface area contributed by atoms with Crippen LogP contribution in [-0.2, 0) is 22.3 Å². The molecule has 2 rings (SSSR count). The first-order valence-electron chi connectivity index (χ1n) is 5.91. The number of aryl methyl sites for hydroxylation is 1. The van der Waals surface area contributed by atoms with Gasteiger partial charge in [0.1, 0.15) is 6.20 Å². The summed E-state index contributed by atoms with van der Waals surface area (Å²) in [7, 11) is 1.60. The van der Waals surface area contributed by atoms with Gasteiger partial charge in [0.25, 0.3) is 5.69 Å². The molecule has 1 unspecified atom stereocenters. The van der Waals surface area contributed by atoms with Crippen LogP contribution >= 0.6 is 0 Å². The van der Waals surface area contributed by atoms with Gasteiger partial charge in [0, 0.05) is 38.3 Å². The number of nitro groups is 1. The van der Waals surface area contributed by atoms with Crippen LogP contribution in [0.1, 0.15) is 24.6 Å². The van der Waals surface area contributed by atoms with Crippen LogP contribution in [0.15, 0.2) is 12.3 Å². The molecule has 0 aliphatic heterocycles. The summed E-state index contributed by atoms with van der Waals surface area (Å²) in [5.41, 5.74) is 1.75. The van der Waals surface area contributed by atoms with Crippen molar-refractivity contribution in [2.24, 2.45) is 0 Å². The molecule has 0 bridgehead atoms. The van der Waals surface area contributed by atoms with Gasteiger partial charge in [0.05, 0.1) is 4.92 Å². The molecule has 98 valence electrons. The lowest BCUT2D eigenvalue weighted by Gasteiger charge is -2.35. The van der Waals surface area contributed by atoms with E-state index in [1.165, 1.54) is 6.20 Å². The fraction of sp³-hybridized carbons (Fsp3) is 0.583. The molecule has 0 fully saturated rings. The number of ether oxygens (including phenoxy) is 2. The predicted molar refractivity (Wildman–Crippen MR) is 64.3 cm³/mol. The average molecular weight is 252 g/mol. The van der Waals surface area contributed by atoms with Gasteiger partial charge in [-0.05, 0) is 18.9 Å². The zero-order valence-corrected chi connectivity index (χ0v) is 10.5. The molecule has 6 heteroatoms. The van der Waals surface area contributed by atoms with Crippen LogP contribution in [0.5, 0.6) is 0 Å². The van der Waals surface area contributed by atoms with Gasteiger partial charge in [-0.15, -0.1) is 0 Å². The van der Waals surface area contributed by atoms with E-state index in [0.29, 0.717) is 19.4 Å². The lowest BCUT2D eigenvalue weighted by atomic mass is 9.90. The second-order valence-electron chi connectivity index (χ2n) is 4.28. The maximum Gasteiger partial charge on any atom is 0.287 e. The molecule has 18 heavy (non-hydrogen) atoms. The van der Waals surface area contributed by atoms with Crippen molar-refractivity contribution in [3.05, 3.63) is 33.6 Å². The summed E-state index contributed by atoms with van der Waals surface area (Å²) in [4.78, 5) is 14.5. The highest BCUT2D eigenvalue weighted by atomic mass is 16.7. The van der Waals surface area contributed by atoms with E-state index in [2.05, 4.69) is 4.98 Å². The van der Waals surface area contributed by atoms with Crippen LogP contribution < -0.4 is 0 Å². The van der Waals surface area contributed by atoms with Gasteiger partial charge in [0.2, 0.25) is 0 Å². The van der Waals surface area contributed by atoms with E-state index < -0.39 is 10.7 Å². The van der Waals surface area contributed by atoms with Crippen molar-refractivity contribution in [2.45, 2.75) is 32.0 Å². The summed E-state index contributed by atoms with van der Waals surface area (Å²) in [6.45, 7) is 2.45. The molecule has 1 aromatic heterocycles. The Morgan fingerprint density at radius 2 is 2.39 bits per heavy atom. The SMILES string of the molecule is CCOC1(OC)CCc2ncc([N+](=O)[O-])cc2C1. The third kappa shape index (κ3) is 2.34. The highest BCUT2D eigenvalue weighted by Gasteiger charge is 2.36.